The topological polar surface area (TPSA) is 113 Å². The predicted molar refractivity (Wildman–Crippen MR) is 97.6 cm³/mol. The highest BCUT2D eigenvalue weighted by molar-refractivity contribution is 5.74. The van der Waals surface area contributed by atoms with Crippen molar-refractivity contribution < 1.29 is 23.7 Å². The molecule has 2 aromatic rings. The zero-order valence-electron chi connectivity index (χ0n) is 15.7. The summed E-state index contributed by atoms with van der Waals surface area (Å²) < 4.78 is 24.6. The molecule has 4 heterocycles. The van der Waals surface area contributed by atoms with Crippen LogP contribution in [-0.2, 0) is 14.2 Å². The monoisotopic (exact) mass is 402 g/mol. The van der Waals surface area contributed by atoms with Gasteiger partial charge in [0.2, 0.25) is 0 Å². The Kier molecular flexibility index (Phi) is 5.00. The van der Waals surface area contributed by atoms with Crippen LogP contribution in [0.1, 0.15) is 6.04 Å². The first kappa shape index (κ1) is 18.3. The van der Waals surface area contributed by atoms with E-state index in [-0.39, 0.29) is 36.3 Å². The second-order valence-electron chi connectivity index (χ2n) is 7.14. The maximum Gasteiger partial charge on any atom is 0.341 e. The number of urea groups is 1. The number of tetrazole rings is 1. The minimum atomic E-state index is -0.272. The second-order valence-corrected chi connectivity index (χ2v) is 7.14. The van der Waals surface area contributed by atoms with Crippen molar-refractivity contribution in [2.75, 3.05) is 39.5 Å². The summed E-state index contributed by atoms with van der Waals surface area (Å²) in [5.74, 6) is 0.641. The normalized spacial score (nSPS) is 28.9. The lowest BCUT2D eigenvalue weighted by Crippen LogP contribution is -2.52. The van der Waals surface area contributed by atoms with E-state index in [0.717, 1.165) is 0 Å². The van der Waals surface area contributed by atoms with Gasteiger partial charge in [-0.3, -0.25) is 0 Å². The van der Waals surface area contributed by atoms with Crippen LogP contribution in [0.5, 0.6) is 11.8 Å². The van der Waals surface area contributed by atoms with E-state index in [4.69, 9.17) is 18.9 Å². The number of carbonyl (C=O) groups is 1. The molecule has 1 aromatic carbocycles. The third-order valence-corrected chi connectivity index (χ3v) is 5.36. The number of para-hydroxylation sites is 1. The number of rotatable bonds is 4. The Hall–Kier alpha value is -2.76. The molecule has 0 bridgehead atoms. The Labute approximate surface area is 166 Å². The minimum absolute atomic E-state index is 0.120. The first-order valence-electron chi connectivity index (χ1n) is 9.67. The van der Waals surface area contributed by atoms with E-state index in [0.29, 0.717) is 45.3 Å². The quantitative estimate of drug-likeness (QED) is 0.773. The van der Waals surface area contributed by atoms with Crippen molar-refractivity contribution in [2.45, 2.75) is 24.3 Å². The number of carbonyl (C=O) groups excluding carboxylic acids is 1. The van der Waals surface area contributed by atoms with Crippen LogP contribution >= 0.6 is 0 Å². The summed E-state index contributed by atoms with van der Waals surface area (Å²) in [6.07, 6.45) is -0.537. The number of ether oxygens (including phenoxy) is 4. The largest absolute Gasteiger partial charge is 0.423 e. The van der Waals surface area contributed by atoms with Crippen molar-refractivity contribution >= 4 is 6.03 Å². The van der Waals surface area contributed by atoms with Crippen molar-refractivity contribution in [3.8, 4) is 11.8 Å². The van der Waals surface area contributed by atoms with E-state index in [1.54, 1.807) is 9.58 Å². The maximum absolute atomic E-state index is 12.5. The molecule has 1 N–H and O–H groups in total. The number of fused-ring (bicyclic) bond motifs is 1. The number of aromatic nitrogens is 4. The molecule has 0 spiro atoms. The van der Waals surface area contributed by atoms with Gasteiger partial charge in [0.1, 0.15) is 24.0 Å². The summed E-state index contributed by atoms with van der Waals surface area (Å²) in [7, 11) is 0. The average Bonchev–Trinajstić information content (AvgIpc) is 3.47. The number of nitrogens with zero attached hydrogens (tertiary/aromatic N) is 5. The summed E-state index contributed by atoms with van der Waals surface area (Å²) in [4.78, 5) is 14.2. The molecule has 0 radical (unpaired) electrons. The lowest BCUT2D eigenvalue weighted by molar-refractivity contribution is 0.0485. The SMILES string of the molecule is O=C(N[C@H]1CO[C@H]2[C@@H]1OC[C@@H]2n1nnnc1Oc1ccccc1)N1CCOCC1. The number of hydrogen-bond donors (Lipinski definition) is 1. The number of nitrogens with one attached hydrogen (secondary N) is 1. The van der Waals surface area contributed by atoms with Crippen LogP contribution in [0, 0.1) is 0 Å². The fourth-order valence-corrected chi connectivity index (χ4v) is 3.88. The van der Waals surface area contributed by atoms with Crippen LogP contribution < -0.4 is 10.1 Å². The van der Waals surface area contributed by atoms with Gasteiger partial charge in [-0.1, -0.05) is 23.3 Å². The molecule has 3 fully saturated rings. The Morgan fingerprint density at radius 1 is 1.10 bits per heavy atom. The van der Waals surface area contributed by atoms with Gasteiger partial charge in [0.05, 0.1) is 32.5 Å². The summed E-state index contributed by atoms with van der Waals surface area (Å²) >= 11 is 0. The molecule has 11 heteroatoms. The smallest absolute Gasteiger partial charge is 0.341 e. The van der Waals surface area contributed by atoms with E-state index in [1.165, 1.54) is 0 Å². The second kappa shape index (κ2) is 7.93. The van der Waals surface area contributed by atoms with Gasteiger partial charge in [0.15, 0.2) is 0 Å². The highest BCUT2D eigenvalue weighted by Crippen LogP contribution is 2.36. The van der Waals surface area contributed by atoms with Crippen molar-refractivity contribution in [3.05, 3.63) is 30.3 Å². The van der Waals surface area contributed by atoms with E-state index in [9.17, 15) is 4.79 Å². The van der Waals surface area contributed by atoms with Crippen LogP contribution in [0.2, 0.25) is 0 Å². The summed E-state index contributed by atoms with van der Waals surface area (Å²) in [5.41, 5.74) is 0. The van der Waals surface area contributed by atoms with Gasteiger partial charge in [0, 0.05) is 13.1 Å². The van der Waals surface area contributed by atoms with E-state index in [1.807, 2.05) is 30.3 Å². The molecule has 2 amide bonds. The average molecular weight is 402 g/mol. The lowest BCUT2D eigenvalue weighted by atomic mass is 10.1. The van der Waals surface area contributed by atoms with Gasteiger partial charge >= 0.3 is 12.0 Å². The molecule has 154 valence electrons. The summed E-state index contributed by atoms with van der Waals surface area (Å²) in [5, 5.41) is 14.8. The van der Waals surface area contributed by atoms with Crippen LogP contribution in [0.25, 0.3) is 0 Å². The van der Waals surface area contributed by atoms with E-state index in [2.05, 4.69) is 20.8 Å². The predicted octanol–water partition coefficient (Wildman–Crippen LogP) is 0.214. The Morgan fingerprint density at radius 2 is 1.90 bits per heavy atom. The first-order chi connectivity index (χ1) is 14.3. The molecule has 0 unspecified atom stereocenters. The van der Waals surface area contributed by atoms with Crippen molar-refractivity contribution in [1.82, 2.24) is 30.4 Å². The standard InChI is InChI=1S/C18H22N6O5/c25-17(23-6-8-26-9-7-23)19-13-10-27-16-14(11-28-15(13)16)24-18(20-21-22-24)29-12-4-2-1-3-5-12/h1-5,13-16H,6-11H2,(H,19,25)/t13-,14-,15+,16+/m0/s1. The molecule has 3 aliphatic heterocycles. The van der Waals surface area contributed by atoms with Gasteiger partial charge in [-0.05, 0) is 22.6 Å². The molecule has 29 heavy (non-hydrogen) atoms. The molecule has 3 saturated heterocycles. The fourth-order valence-electron chi connectivity index (χ4n) is 3.88. The Balaban J connectivity index is 1.25. The van der Waals surface area contributed by atoms with Gasteiger partial charge in [-0.2, -0.15) is 4.68 Å². The van der Waals surface area contributed by atoms with E-state index < -0.39 is 0 Å². The van der Waals surface area contributed by atoms with Crippen LogP contribution in [-0.4, -0.2) is 88.9 Å². The maximum atomic E-state index is 12.5. The lowest BCUT2D eigenvalue weighted by Gasteiger charge is -2.29. The minimum Gasteiger partial charge on any atom is -0.423 e. The van der Waals surface area contributed by atoms with Crippen molar-refractivity contribution in [1.29, 1.82) is 0 Å². The highest BCUT2D eigenvalue weighted by atomic mass is 16.6. The molecular weight excluding hydrogens is 380 g/mol. The van der Waals surface area contributed by atoms with Crippen LogP contribution in [0.3, 0.4) is 0 Å². The zero-order chi connectivity index (χ0) is 19.6. The number of amides is 2. The van der Waals surface area contributed by atoms with Gasteiger partial charge in [0.25, 0.3) is 0 Å². The summed E-state index contributed by atoms with van der Waals surface area (Å²) in [6.45, 7) is 3.03. The Bertz CT molecular complexity index is 842. The molecule has 3 aliphatic rings. The van der Waals surface area contributed by atoms with Crippen LogP contribution in [0.15, 0.2) is 30.3 Å². The first-order valence-corrected chi connectivity index (χ1v) is 9.67. The molecule has 0 saturated carbocycles. The number of hydrogen-bond acceptors (Lipinski definition) is 8. The van der Waals surface area contributed by atoms with Gasteiger partial charge in [-0.15, -0.1) is 0 Å². The molecule has 11 nitrogen and oxygen atoms in total. The molecule has 4 atom stereocenters. The third kappa shape index (κ3) is 3.63. The van der Waals surface area contributed by atoms with Gasteiger partial charge < -0.3 is 29.2 Å². The third-order valence-electron chi connectivity index (χ3n) is 5.36. The zero-order valence-corrected chi connectivity index (χ0v) is 15.7. The van der Waals surface area contributed by atoms with Crippen molar-refractivity contribution in [2.24, 2.45) is 0 Å². The van der Waals surface area contributed by atoms with Crippen LogP contribution in [0.4, 0.5) is 4.79 Å². The van der Waals surface area contributed by atoms with Gasteiger partial charge in [-0.25, -0.2) is 4.79 Å². The molecule has 1 aromatic heterocycles. The summed E-state index contributed by atoms with van der Waals surface area (Å²) in [6, 6.07) is 9.00. The molecule has 0 aliphatic carbocycles. The molecular formula is C18H22N6O5. The number of morpholine rings is 1. The fraction of sp³-hybridized carbons (Fsp3) is 0.556. The molecule has 5 rings (SSSR count). The Morgan fingerprint density at radius 3 is 2.72 bits per heavy atom. The van der Waals surface area contributed by atoms with E-state index >= 15 is 0 Å². The van der Waals surface area contributed by atoms with Crippen molar-refractivity contribution in [3.63, 3.8) is 0 Å². The number of benzene rings is 1. The highest BCUT2D eigenvalue weighted by Gasteiger charge is 2.50.